The number of nitrogens with one attached hydrogen (secondary N) is 1. The molecule has 0 spiro atoms. The molecule has 0 aliphatic carbocycles. The molecule has 0 atom stereocenters. The van der Waals surface area contributed by atoms with E-state index in [-0.39, 0.29) is 25.5 Å². The largest absolute Gasteiger partial charge is 0.497 e. The molecule has 1 N–H and O–H groups in total. The number of rotatable bonds is 9. The maximum Gasteiger partial charge on any atom is 0.240 e. The summed E-state index contributed by atoms with van der Waals surface area (Å²) < 4.78 is 40.2. The zero-order valence-corrected chi connectivity index (χ0v) is 15.6. The van der Waals surface area contributed by atoms with Crippen molar-refractivity contribution in [3.63, 3.8) is 0 Å². The molecule has 0 unspecified atom stereocenters. The van der Waals surface area contributed by atoms with Gasteiger partial charge in [0.25, 0.3) is 0 Å². The van der Waals surface area contributed by atoms with E-state index in [1.807, 2.05) is 0 Å². The van der Waals surface area contributed by atoms with Crippen molar-refractivity contribution in [3.8, 4) is 11.5 Å². The van der Waals surface area contributed by atoms with Crippen LogP contribution < -0.4 is 14.8 Å². The minimum absolute atomic E-state index is 0.0239. The third-order valence-corrected chi connectivity index (χ3v) is 4.60. The number of methoxy groups -OCH3 is 1. The van der Waals surface area contributed by atoms with E-state index in [1.54, 1.807) is 38.3 Å². The number of sulfonamides is 1. The Balaban J connectivity index is 1.89. The van der Waals surface area contributed by atoms with E-state index in [9.17, 15) is 13.2 Å². The quantitative estimate of drug-likeness (QED) is 0.694. The van der Waals surface area contributed by atoms with E-state index >= 15 is 0 Å². The molecule has 10 heteroatoms. The number of benzene rings is 1. The van der Waals surface area contributed by atoms with Crippen LogP contribution in [0, 0.1) is 6.92 Å². The Kier molecular flexibility index (Phi) is 6.58. The Morgan fingerprint density at radius 1 is 1.27 bits per heavy atom. The van der Waals surface area contributed by atoms with Crippen LogP contribution in [0.25, 0.3) is 0 Å². The van der Waals surface area contributed by atoms with Gasteiger partial charge in [-0.2, -0.15) is 4.31 Å². The highest BCUT2D eigenvalue weighted by molar-refractivity contribution is 7.88. The molecule has 142 valence electrons. The van der Waals surface area contributed by atoms with Gasteiger partial charge in [-0.15, -0.1) is 0 Å². The lowest BCUT2D eigenvalue weighted by Crippen LogP contribution is -2.39. The molecule has 1 aromatic heterocycles. The third-order valence-electron chi connectivity index (χ3n) is 3.35. The molecule has 0 aliphatic rings. The fourth-order valence-corrected chi connectivity index (χ4v) is 2.83. The second kappa shape index (κ2) is 8.68. The van der Waals surface area contributed by atoms with E-state index in [0.717, 1.165) is 10.6 Å². The van der Waals surface area contributed by atoms with Crippen LogP contribution in [-0.2, 0) is 14.8 Å². The summed E-state index contributed by atoms with van der Waals surface area (Å²) in [4.78, 5) is 12.0. The first-order chi connectivity index (χ1) is 12.3. The highest BCUT2D eigenvalue weighted by Crippen LogP contribution is 2.17. The summed E-state index contributed by atoms with van der Waals surface area (Å²) in [7, 11) is -2.02. The Morgan fingerprint density at radius 3 is 2.46 bits per heavy atom. The molecule has 2 aromatic rings. The van der Waals surface area contributed by atoms with E-state index in [4.69, 9.17) is 14.0 Å². The zero-order valence-electron chi connectivity index (χ0n) is 14.8. The first kappa shape index (κ1) is 19.7. The monoisotopic (exact) mass is 383 g/mol. The van der Waals surface area contributed by atoms with E-state index in [2.05, 4.69) is 10.5 Å². The standard InChI is InChI=1S/C16H21N3O6S/c1-12-10-15(18-25-12)17-16(20)11-19(26(3,21)22)8-9-24-14-6-4-13(23-2)5-7-14/h4-7,10H,8-9,11H2,1-3H3,(H,17,18,20). The predicted octanol–water partition coefficient (Wildman–Crippen LogP) is 1.27. The van der Waals surface area contributed by atoms with Crippen LogP contribution in [0.15, 0.2) is 34.9 Å². The molecule has 9 nitrogen and oxygen atoms in total. The van der Waals surface area contributed by atoms with Crippen LogP contribution >= 0.6 is 0 Å². The molecular formula is C16H21N3O6S. The van der Waals surface area contributed by atoms with E-state index < -0.39 is 15.9 Å². The fraction of sp³-hybridized carbons (Fsp3) is 0.375. The number of aromatic nitrogens is 1. The molecule has 0 bridgehead atoms. The van der Waals surface area contributed by atoms with Gasteiger partial charge in [-0.05, 0) is 31.2 Å². The molecule has 0 saturated carbocycles. The van der Waals surface area contributed by atoms with Gasteiger partial charge in [0.2, 0.25) is 15.9 Å². The number of ether oxygens (including phenoxy) is 2. The number of aryl methyl sites for hydroxylation is 1. The first-order valence-electron chi connectivity index (χ1n) is 7.73. The molecular weight excluding hydrogens is 362 g/mol. The fourth-order valence-electron chi connectivity index (χ4n) is 2.07. The highest BCUT2D eigenvalue weighted by atomic mass is 32.2. The Morgan fingerprint density at radius 2 is 1.92 bits per heavy atom. The number of hydrogen-bond donors (Lipinski definition) is 1. The van der Waals surface area contributed by atoms with Gasteiger partial charge in [0, 0.05) is 12.6 Å². The Hall–Kier alpha value is -2.59. The minimum Gasteiger partial charge on any atom is -0.497 e. The van der Waals surface area contributed by atoms with Gasteiger partial charge in [0.1, 0.15) is 23.9 Å². The van der Waals surface area contributed by atoms with Crippen LogP contribution in [0.4, 0.5) is 5.82 Å². The maximum atomic E-state index is 12.0. The molecule has 0 radical (unpaired) electrons. The van der Waals surface area contributed by atoms with E-state index in [0.29, 0.717) is 17.3 Å². The van der Waals surface area contributed by atoms with Crippen LogP contribution in [0.1, 0.15) is 5.76 Å². The summed E-state index contributed by atoms with van der Waals surface area (Å²) in [6, 6.07) is 8.43. The highest BCUT2D eigenvalue weighted by Gasteiger charge is 2.20. The number of carbonyl (C=O) groups is 1. The number of nitrogens with zero attached hydrogens (tertiary/aromatic N) is 2. The number of carbonyl (C=O) groups excluding carboxylic acids is 1. The number of anilines is 1. The minimum atomic E-state index is -3.58. The van der Waals surface area contributed by atoms with Gasteiger partial charge in [0.15, 0.2) is 5.82 Å². The summed E-state index contributed by atoms with van der Waals surface area (Å²) >= 11 is 0. The third kappa shape index (κ3) is 6.05. The molecule has 0 aliphatic heterocycles. The van der Waals surface area contributed by atoms with Gasteiger partial charge in [0.05, 0.1) is 19.9 Å². The van der Waals surface area contributed by atoms with Crippen molar-refractivity contribution in [2.24, 2.45) is 0 Å². The molecule has 0 fully saturated rings. The summed E-state index contributed by atoms with van der Waals surface area (Å²) in [5.41, 5.74) is 0. The maximum absolute atomic E-state index is 12.0. The second-order valence-electron chi connectivity index (χ2n) is 5.49. The molecule has 1 heterocycles. The second-order valence-corrected chi connectivity index (χ2v) is 7.47. The lowest BCUT2D eigenvalue weighted by molar-refractivity contribution is -0.116. The summed E-state index contributed by atoms with van der Waals surface area (Å²) in [5.74, 6) is 1.51. The lowest BCUT2D eigenvalue weighted by Gasteiger charge is -2.19. The van der Waals surface area contributed by atoms with Crippen molar-refractivity contribution < 1.29 is 27.2 Å². The summed E-state index contributed by atoms with van der Waals surface area (Å²) in [6.45, 7) is 1.45. The summed E-state index contributed by atoms with van der Waals surface area (Å²) in [6.07, 6.45) is 1.04. The van der Waals surface area contributed by atoms with Gasteiger partial charge < -0.3 is 19.3 Å². The van der Waals surface area contributed by atoms with Crippen molar-refractivity contribution in [2.45, 2.75) is 6.92 Å². The molecule has 1 aromatic carbocycles. The van der Waals surface area contributed by atoms with Crippen molar-refractivity contribution in [3.05, 3.63) is 36.1 Å². The van der Waals surface area contributed by atoms with Gasteiger partial charge in [-0.3, -0.25) is 4.79 Å². The SMILES string of the molecule is COc1ccc(OCCN(CC(=O)Nc2cc(C)on2)S(C)(=O)=O)cc1. The van der Waals surface area contributed by atoms with Crippen LogP contribution in [0.5, 0.6) is 11.5 Å². The zero-order chi connectivity index (χ0) is 19.2. The topological polar surface area (TPSA) is 111 Å². The number of amides is 1. The average molecular weight is 383 g/mol. The molecule has 0 saturated heterocycles. The smallest absolute Gasteiger partial charge is 0.240 e. The van der Waals surface area contributed by atoms with Gasteiger partial charge >= 0.3 is 0 Å². The van der Waals surface area contributed by atoms with Crippen molar-refractivity contribution >= 4 is 21.7 Å². The van der Waals surface area contributed by atoms with Crippen LogP contribution in [0.2, 0.25) is 0 Å². The molecule has 26 heavy (non-hydrogen) atoms. The van der Waals surface area contributed by atoms with Crippen molar-refractivity contribution in [1.82, 2.24) is 9.46 Å². The Bertz CT molecular complexity index is 832. The first-order valence-corrected chi connectivity index (χ1v) is 9.58. The summed E-state index contributed by atoms with van der Waals surface area (Å²) in [5, 5.41) is 6.11. The van der Waals surface area contributed by atoms with Gasteiger partial charge in [-0.25, -0.2) is 8.42 Å². The molecule has 1 amide bonds. The van der Waals surface area contributed by atoms with Crippen molar-refractivity contribution in [1.29, 1.82) is 0 Å². The normalized spacial score (nSPS) is 11.4. The lowest BCUT2D eigenvalue weighted by atomic mass is 10.3. The van der Waals surface area contributed by atoms with Crippen LogP contribution in [-0.4, -0.2) is 56.8 Å². The average Bonchev–Trinajstić information content (AvgIpc) is 2.98. The van der Waals surface area contributed by atoms with E-state index in [1.165, 1.54) is 6.07 Å². The number of hydrogen-bond acceptors (Lipinski definition) is 7. The van der Waals surface area contributed by atoms with Crippen LogP contribution in [0.3, 0.4) is 0 Å². The van der Waals surface area contributed by atoms with Crippen molar-refractivity contribution in [2.75, 3.05) is 38.4 Å². The Labute approximate surface area is 151 Å². The molecule has 2 rings (SSSR count). The predicted molar refractivity (Wildman–Crippen MR) is 94.8 cm³/mol. The van der Waals surface area contributed by atoms with Gasteiger partial charge in [-0.1, -0.05) is 5.16 Å².